The van der Waals surface area contributed by atoms with Crippen molar-refractivity contribution in [1.29, 1.82) is 0 Å². The molecule has 0 radical (unpaired) electrons. The van der Waals surface area contributed by atoms with E-state index in [1.54, 1.807) is 35.8 Å². The highest BCUT2D eigenvalue weighted by Crippen LogP contribution is 2.33. The van der Waals surface area contributed by atoms with E-state index < -0.39 is 0 Å². The van der Waals surface area contributed by atoms with Crippen LogP contribution < -0.4 is 10.1 Å². The minimum atomic E-state index is -0.0618. The van der Waals surface area contributed by atoms with Crippen molar-refractivity contribution in [2.24, 2.45) is 0 Å². The number of carbonyl (C=O) groups is 1. The van der Waals surface area contributed by atoms with Crippen LogP contribution in [-0.2, 0) is 11.2 Å². The second kappa shape index (κ2) is 8.20. The molecule has 0 fully saturated rings. The van der Waals surface area contributed by atoms with Gasteiger partial charge in [-0.1, -0.05) is 17.7 Å². The van der Waals surface area contributed by atoms with E-state index in [1.807, 2.05) is 31.4 Å². The summed E-state index contributed by atoms with van der Waals surface area (Å²) in [4.78, 5) is 19.3. The maximum Gasteiger partial charge on any atom is 0.224 e. The summed E-state index contributed by atoms with van der Waals surface area (Å²) in [5, 5.41) is 6.59. The van der Waals surface area contributed by atoms with Crippen LogP contribution in [0.1, 0.15) is 21.9 Å². The predicted octanol–water partition coefficient (Wildman–Crippen LogP) is 5.72. The van der Waals surface area contributed by atoms with Crippen molar-refractivity contribution in [1.82, 2.24) is 4.98 Å². The lowest BCUT2D eigenvalue weighted by molar-refractivity contribution is -0.116. The Morgan fingerprint density at radius 3 is 2.85 bits per heavy atom. The fourth-order valence-electron chi connectivity index (χ4n) is 2.61. The van der Waals surface area contributed by atoms with E-state index in [2.05, 4.69) is 16.4 Å². The number of ether oxygens (including phenoxy) is 1. The van der Waals surface area contributed by atoms with Gasteiger partial charge < -0.3 is 10.1 Å². The zero-order chi connectivity index (χ0) is 18.7. The number of amides is 1. The van der Waals surface area contributed by atoms with Crippen LogP contribution in [0.3, 0.4) is 0 Å². The van der Waals surface area contributed by atoms with Gasteiger partial charge >= 0.3 is 0 Å². The number of thiophene rings is 1. The first-order valence-corrected chi connectivity index (χ1v) is 10.2. The first-order chi connectivity index (χ1) is 12.5. The molecule has 7 heteroatoms. The lowest BCUT2D eigenvalue weighted by Crippen LogP contribution is -2.13. The Hall–Kier alpha value is -1.89. The molecule has 3 rings (SSSR count). The third kappa shape index (κ3) is 4.26. The summed E-state index contributed by atoms with van der Waals surface area (Å²) in [5.74, 6) is 0.495. The van der Waals surface area contributed by atoms with Crippen LogP contribution >= 0.6 is 34.3 Å². The standard InChI is InChI=1S/C19H19ClN2O2S2/c1-11-9-14(15(24-3)10-13(11)20)22-18(23)7-6-17-19(21-12(2)26-17)16-5-4-8-25-16/h4-5,8-10H,6-7H2,1-3H3,(H,22,23). The van der Waals surface area contributed by atoms with E-state index >= 15 is 0 Å². The van der Waals surface area contributed by atoms with Crippen molar-refractivity contribution in [3.63, 3.8) is 0 Å². The van der Waals surface area contributed by atoms with Gasteiger partial charge in [0.25, 0.3) is 0 Å². The van der Waals surface area contributed by atoms with Crippen molar-refractivity contribution < 1.29 is 9.53 Å². The number of aromatic nitrogens is 1. The largest absolute Gasteiger partial charge is 0.495 e. The predicted molar refractivity (Wildman–Crippen MR) is 110 cm³/mol. The van der Waals surface area contributed by atoms with E-state index in [0.717, 1.165) is 26.0 Å². The number of benzene rings is 1. The molecule has 0 bridgehead atoms. The molecule has 4 nitrogen and oxygen atoms in total. The van der Waals surface area contributed by atoms with Crippen molar-refractivity contribution in [3.05, 3.63) is 50.1 Å². The molecule has 0 aliphatic rings. The third-order valence-electron chi connectivity index (χ3n) is 3.89. The number of anilines is 1. The summed E-state index contributed by atoms with van der Waals surface area (Å²) in [7, 11) is 1.56. The number of rotatable bonds is 6. The quantitative estimate of drug-likeness (QED) is 0.569. The van der Waals surface area contributed by atoms with Crippen LogP contribution in [0, 0.1) is 13.8 Å². The van der Waals surface area contributed by atoms with Gasteiger partial charge in [-0.25, -0.2) is 4.98 Å². The second-order valence-electron chi connectivity index (χ2n) is 5.83. The van der Waals surface area contributed by atoms with E-state index in [4.69, 9.17) is 16.3 Å². The van der Waals surface area contributed by atoms with Crippen LogP contribution in [0.4, 0.5) is 5.69 Å². The summed E-state index contributed by atoms with van der Waals surface area (Å²) in [5.41, 5.74) is 2.52. The number of thiazole rings is 1. The Morgan fingerprint density at radius 1 is 1.35 bits per heavy atom. The molecule has 0 saturated carbocycles. The molecule has 1 amide bonds. The monoisotopic (exact) mass is 406 g/mol. The molecule has 2 heterocycles. The third-order valence-corrected chi connectivity index (χ3v) is 6.21. The lowest BCUT2D eigenvalue weighted by Gasteiger charge is -2.12. The minimum absolute atomic E-state index is 0.0618. The Morgan fingerprint density at radius 2 is 2.15 bits per heavy atom. The maximum absolute atomic E-state index is 12.4. The molecule has 0 atom stereocenters. The summed E-state index contributed by atoms with van der Waals surface area (Å²) in [6, 6.07) is 7.62. The summed E-state index contributed by atoms with van der Waals surface area (Å²) in [6.45, 7) is 3.89. The average Bonchev–Trinajstić information content (AvgIpc) is 3.25. The zero-order valence-corrected chi connectivity index (χ0v) is 17.1. The number of aryl methyl sites for hydroxylation is 3. The second-order valence-corrected chi connectivity index (χ2v) is 8.47. The molecule has 0 aliphatic carbocycles. The highest BCUT2D eigenvalue weighted by molar-refractivity contribution is 7.15. The Labute approximate surface area is 165 Å². The van der Waals surface area contributed by atoms with Gasteiger partial charge in [-0.15, -0.1) is 22.7 Å². The van der Waals surface area contributed by atoms with Crippen LogP contribution in [0.15, 0.2) is 29.6 Å². The number of hydrogen-bond acceptors (Lipinski definition) is 5. The normalized spacial score (nSPS) is 10.8. The van der Waals surface area contributed by atoms with Crippen molar-refractivity contribution in [3.8, 4) is 16.3 Å². The van der Waals surface area contributed by atoms with Gasteiger partial charge in [0.05, 0.1) is 28.4 Å². The van der Waals surface area contributed by atoms with Crippen molar-refractivity contribution >= 4 is 45.9 Å². The fourth-order valence-corrected chi connectivity index (χ4v) is 4.52. The van der Waals surface area contributed by atoms with Gasteiger partial charge in [0.2, 0.25) is 5.91 Å². The fraction of sp³-hybridized carbons (Fsp3) is 0.263. The van der Waals surface area contributed by atoms with Crippen LogP contribution in [0.2, 0.25) is 5.02 Å². The lowest BCUT2D eigenvalue weighted by atomic mass is 10.1. The van der Waals surface area contributed by atoms with Crippen molar-refractivity contribution in [2.75, 3.05) is 12.4 Å². The van der Waals surface area contributed by atoms with Crippen LogP contribution in [0.5, 0.6) is 5.75 Å². The Bertz CT molecular complexity index is 920. The van der Waals surface area contributed by atoms with E-state index in [0.29, 0.717) is 29.3 Å². The minimum Gasteiger partial charge on any atom is -0.495 e. The molecule has 136 valence electrons. The molecule has 0 aliphatic heterocycles. The van der Waals surface area contributed by atoms with E-state index in [-0.39, 0.29) is 5.91 Å². The summed E-state index contributed by atoms with van der Waals surface area (Å²) < 4.78 is 5.31. The van der Waals surface area contributed by atoms with Crippen LogP contribution in [0.25, 0.3) is 10.6 Å². The van der Waals surface area contributed by atoms with Gasteiger partial charge in [-0.3, -0.25) is 4.79 Å². The highest BCUT2D eigenvalue weighted by atomic mass is 35.5. The van der Waals surface area contributed by atoms with Gasteiger partial charge in [-0.05, 0) is 43.3 Å². The smallest absolute Gasteiger partial charge is 0.224 e. The molecule has 26 heavy (non-hydrogen) atoms. The Kier molecular flexibility index (Phi) is 5.96. The first-order valence-electron chi connectivity index (χ1n) is 8.12. The zero-order valence-electron chi connectivity index (χ0n) is 14.8. The Balaban J connectivity index is 1.70. The topological polar surface area (TPSA) is 51.2 Å². The van der Waals surface area contributed by atoms with Gasteiger partial charge in [-0.2, -0.15) is 0 Å². The van der Waals surface area contributed by atoms with E-state index in [1.165, 1.54) is 0 Å². The number of carbonyl (C=O) groups excluding carboxylic acids is 1. The number of nitrogens with zero attached hydrogens (tertiary/aromatic N) is 1. The van der Waals surface area contributed by atoms with Gasteiger partial charge in [0, 0.05) is 22.4 Å². The highest BCUT2D eigenvalue weighted by Gasteiger charge is 2.15. The van der Waals surface area contributed by atoms with Crippen molar-refractivity contribution in [2.45, 2.75) is 26.7 Å². The number of nitrogens with one attached hydrogen (secondary N) is 1. The molecule has 0 saturated heterocycles. The molecular weight excluding hydrogens is 388 g/mol. The SMILES string of the molecule is COc1cc(Cl)c(C)cc1NC(=O)CCc1sc(C)nc1-c1cccs1. The molecule has 1 aromatic carbocycles. The van der Waals surface area contributed by atoms with Gasteiger partial charge in [0.15, 0.2) is 0 Å². The summed E-state index contributed by atoms with van der Waals surface area (Å²) in [6.07, 6.45) is 1.03. The van der Waals surface area contributed by atoms with Crippen LogP contribution in [-0.4, -0.2) is 18.0 Å². The maximum atomic E-state index is 12.4. The molecule has 3 aromatic rings. The van der Waals surface area contributed by atoms with E-state index in [9.17, 15) is 4.79 Å². The molecule has 1 N–H and O–H groups in total. The number of hydrogen-bond donors (Lipinski definition) is 1. The number of halogens is 1. The molecule has 2 aromatic heterocycles. The average molecular weight is 407 g/mol. The van der Waals surface area contributed by atoms with Gasteiger partial charge in [0.1, 0.15) is 5.75 Å². The first kappa shape index (κ1) is 18.9. The molecule has 0 spiro atoms. The molecule has 0 unspecified atom stereocenters. The number of methoxy groups -OCH3 is 1. The summed E-state index contributed by atoms with van der Waals surface area (Å²) >= 11 is 9.42. The molecular formula is C19H19ClN2O2S2.